The number of carbonyl (C=O) groups excluding carboxylic acids is 2. The number of hydrogen-bond acceptors (Lipinski definition) is 7. The number of ether oxygens (including phenoxy) is 1. The Bertz CT molecular complexity index is 1150. The first-order valence-electron chi connectivity index (χ1n) is 10.5. The number of benzene rings is 1. The molecule has 0 saturated carbocycles. The van der Waals surface area contributed by atoms with Gasteiger partial charge in [-0.15, -0.1) is 0 Å². The molecule has 3 amide bonds. The Labute approximate surface area is 190 Å². The molecule has 10 heteroatoms. The average Bonchev–Trinajstić information content (AvgIpc) is 3.24. The van der Waals surface area contributed by atoms with Crippen molar-refractivity contribution in [3.8, 4) is 17.0 Å². The molecule has 0 bridgehead atoms. The van der Waals surface area contributed by atoms with Crippen LogP contribution in [-0.2, 0) is 11.4 Å². The lowest BCUT2D eigenvalue weighted by Gasteiger charge is -2.13. The minimum absolute atomic E-state index is 0.0627. The summed E-state index contributed by atoms with van der Waals surface area (Å²) in [7, 11) is 0. The van der Waals surface area contributed by atoms with Gasteiger partial charge in [0, 0.05) is 24.4 Å². The van der Waals surface area contributed by atoms with Crippen LogP contribution in [0.15, 0.2) is 48.9 Å². The number of pyridine rings is 1. The molecular formula is C23H24N6O4. The molecule has 1 saturated heterocycles. The van der Waals surface area contributed by atoms with E-state index in [4.69, 9.17) is 9.84 Å². The molecule has 0 spiro atoms. The van der Waals surface area contributed by atoms with Crippen LogP contribution in [0, 0.1) is 12.8 Å². The Morgan fingerprint density at radius 1 is 1.21 bits per heavy atom. The zero-order valence-corrected chi connectivity index (χ0v) is 18.0. The van der Waals surface area contributed by atoms with Crippen molar-refractivity contribution in [1.82, 2.24) is 20.3 Å². The normalized spacial score (nSPS) is 15.1. The van der Waals surface area contributed by atoms with Crippen LogP contribution in [0.5, 0.6) is 5.75 Å². The van der Waals surface area contributed by atoms with Crippen molar-refractivity contribution in [2.75, 3.05) is 23.8 Å². The van der Waals surface area contributed by atoms with Crippen LogP contribution in [-0.4, -0.2) is 45.1 Å². The molecule has 10 nitrogen and oxygen atoms in total. The highest BCUT2D eigenvalue weighted by atomic mass is 16.5. The highest BCUT2D eigenvalue weighted by Crippen LogP contribution is 2.26. The molecule has 4 rings (SSSR count). The van der Waals surface area contributed by atoms with Crippen molar-refractivity contribution >= 4 is 23.4 Å². The third-order valence-corrected chi connectivity index (χ3v) is 5.13. The van der Waals surface area contributed by atoms with Crippen molar-refractivity contribution in [2.45, 2.75) is 20.0 Å². The van der Waals surface area contributed by atoms with Gasteiger partial charge in [-0.25, -0.2) is 9.78 Å². The first-order chi connectivity index (χ1) is 16.0. The molecule has 1 aliphatic rings. The van der Waals surface area contributed by atoms with Crippen LogP contribution >= 0.6 is 0 Å². The molecule has 4 N–H and O–H groups in total. The maximum absolute atomic E-state index is 12.3. The summed E-state index contributed by atoms with van der Waals surface area (Å²) in [5.74, 6) is 1.29. The highest BCUT2D eigenvalue weighted by Gasteiger charge is 2.22. The number of urea groups is 1. The molecule has 1 atom stereocenters. The molecule has 1 unspecified atom stereocenters. The van der Waals surface area contributed by atoms with Crippen LogP contribution in [0.1, 0.15) is 17.7 Å². The van der Waals surface area contributed by atoms with Gasteiger partial charge in [-0.1, -0.05) is 0 Å². The van der Waals surface area contributed by atoms with Gasteiger partial charge in [-0.2, -0.15) is 0 Å². The Morgan fingerprint density at radius 3 is 2.79 bits per heavy atom. The van der Waals surface area contributed by atoms with Crippen LogP contribution in [0.3, 0.4) is 0 Å². The van der Waals surface area contributed by atoms with Gasteiger partial charge in [0.2, 0.25) is 5.91 Å². The van der Waals surface area contributed by atoms with Crippen molar-refractivity contribution in [2.24, 2.45) is 5.92 Å². The van der Waals surface area contributed by atoms with Crippen molar-refractivity contribution < 1.29 is 19.4 Å². The number of aliphatic hydroxyl groups excluding tert-OH is 1. The van der Waals surface area contributed by atoms with E-state index in [1.54, 1.807) is 18.3 Å². The molecule has 2 aromatic heterocycles. The summed E-state index contributed by atoms with van der Waals surface area (Å²) >= 11 is 0. The summed E-state index contributed by atoms with van der Waals surface area (Å²) in [5.41, 5.74) is 3.36. The zero-order chi connectivity index (χ0) is 23.2. The summed E-state index contributed by atoms with van der Waals surface area (Å²) in [6.45, 7) is 2.89. The number of anilines is 2. The number of nitrogens with zero attached hydrogens (tertiary/aromatic N) is 3. The summed E-state index contributed by atoms with van der Waals surface area (Å²) in [5, 5.41) is 17.2. The predicted molar refractivity (Wildman–Crippen MR) is 122 cm³/mol. The molecular weight excluding hydrogens is 424 g/mol. The summed E-state index contributed by atoms with van der Waals surface area (Å²) < 4.78 is 5.89. The lowest BCUT2D eigenvalue weighted by molar-refractivity contribution is -0.119. The van der Waals surface area contributed by atoms with Crippen LogP contribution in [0.2, 0.25) is 0 Å². The molecule has 3 aromatic rings. The standard InChI is InChI=1S/C23H24N6O4/c1-14-6-16(2-5-20(14)33-13-15-7-22(31)26-8-15)19-10-24-11-21(28-19)29-23(32)27-17-3-4-18(12-30)25-9-17/h2-6,9-11,15,30H,7-8,12-13H2,1H3,(H,26,31)(H2,27,28,29,32). The van der Waals surface area contributed by atoms with Gasteiger partial charge in [-0.3, -0.25) is 20.1 Å². The Kier molecular flexibility index (Phi) is 6.75. The van der Waals surface area contributed by atoms with E-state index in [0.717, 1.165) is 16.9 Å². The minimum Gasteiger partial charge on any atom is -0.493 e. The summed E-state index contributed by atoms with van der Waals surface area (Å²) in [6.07, 6.45) is 5.02. The van der Waals surface area contributed by atoms with Gasteiger partial charge in [0.15, 0.2) is 5.82 Å². The van der Waals surface area contributed by atoms with Gasteiger partial charge in [-0.05, 0) is 42.8 Å². The van der Waals surface area contributed by atoms with Gasteiger partial charge in [0.05, 0.1) is 48.9 Å². The molecule has 0 aliphatic carbocycles. The van der Waals surface area contributed by atoms with E-state index in [1.807, 2.05) is 25.1 Å². The monoisotopic (exact) mass is 448 g/mol. The fraction of sp³-hybridized carbons (Fsp3) is 0.261. The fourth-order valence-corrected chi connectivity index (χ4v) is 3.40. The van der Waals surface area contributed by atoms with E-state index in [9.17, 15) is 9.59 Å². The predicted octanol–water partition coefficient (Wildman–Crippen LogP) is 2.50. The average molecular weight is 448 g/mol. The fourth-order valence-electron chi connectivity index (χ4n) is 3.40. The van der Waals surface area contributed by atoms with E-state index >= 15 is 0 Å². The third-order valence-electron chi connectivity index (χ3n) is 5.13. The molecule has 0 radical (unpaired) electrons. The number of aliphatic hydroxyl groups is 1. The number of nitrogens with one attached hydrogen (secondary N) is 3. The van der Waals surface area contributed by atoms with E-state index in [0.29, 0.717) is 42.5 Å². The largest absolute Gasteiger partial charge is 0.493 e. The smallest absolute Gasteiger partial charge is 0.324 e. The SMILES string of the molecule is Cc1cc(-c2cncc(NC(=O)Nc3ccc(CO)nc3)n2)ccc1OCC1CNC(=O)C1. The minimum atomic E-state index is -0.486. The molecule has 1 aliphatic heterocycles. The number of rotatable bonds is 7. The van der Waals surface area contributed by atoms with Crippen LogP contribution < -0.4 is 20.7 Å². The third kappa shape index (κ3) is 5.80. The first-order valence-corrected chi connectivity index (χ1v) is 10.5. The Hall–Kier alpha value is -4.05. The molecule has 33 heavy (non-hydrogen) atoms. The first kappa shape index (κ1) is 22.2. The van der Waals surface area contributed by atoms with Gasteiger partial charge >= 0.3 is 6.03 Å². The van der Waals surface area contributed by atoms with Crippen molar-refractivity contribution in [1.29, 1.82) is 0 Å². The summed E-state index contributed by atoms with van der Waals surface area (Å²) in [4.78, 5) is 36.3. The lowest BCUT2D eigenvalue weighted by Crippen LogP contribution is -2.20. The number of aromatic nitrogens is 3. The van der Waals surface area contributed by atoms with Gasteiger partial charge < -0.3 is 20.5 Å². The van der Waals surface area contributed by atoms with Crippen LogP contribution in [0.25, 0.3) is 11.3 Å². The maximum Gasteiger partial charge on any atom is 0.324 e. The van der Waals surface area contributed by atoms with Crippen LogP contribution in [0.4, 0.5) is 16.3 Å². The highest BCUT2D eigenvalue weighted by molar-refractivity contribution is 5.99. The second-order valence-corrected chi connectivity index (χ2v) is 7.73. The quantitative estimate of drug-likeness (QED) is 0.436. The second-order valence-electron chi connectivity index (χ2n) is 7.73. The molecule has 170 valence electrons. The molecule has 1 fully saturated rings. The summed E-state index contributed by atoms with van der Waals surface area (Å²) in [6, 6.07) is 8.47. The van der Waals surface area contributed by atoms with Crippen molar-refractivity contribution in [3.63, 3.8) is 0 Å². The number of aryl methyl sites for hydroxylation is 1. The van der Waals surface area contributed by atoms with E-state index in [1.165, 1.54) is 12.4 Å². The van der Waals surface area contributed by atoms with E-state index < -0.39 is 6.03 Å². The number of hydrogen-bond donors (Lipinski definition) is 4. The Balaban J connectivity index is 1.38. The second kappa shape index (κ2) is 10.0. The topological polar surface area (TPSA) is 138 Å². The van der Waals surface area contributed by atoms with Gasteiger partial charge in [0.25, 0.3) is 0 Å². The number of amides is 3. The van der Waals surface area contributed by atoms with E-state index in [2.05, 4.69) is 30.9 Å². The molecule has 1 aromatic carbocycles. The maximum atomic E-state index is 12.3. The van der Waals surface area contributed by atoms with Crippen molar-refractivity contribution in [3.05, 3.63) is 60.2 Å². The Morgan fingerprint density at radius 2 is 2.09 bits per heavy atom. The zero-order valence-electron chi connectivity index (χ0n) is 18.0. The van der Waals surface area contributed by atoms with Gasteiger partial charge in [0.1, 0.15) is 5.75 Å². The number of carbonyl (C=O) groups is 2. The molecule has 3 heterocycles. The van der Waals surface area contributed by atoms with E-state index in [-0.39, 0.29) is 18.4 Å². The lowest BCUT2D eigenvalue weighted by atomic mass is 10.1.